The van der Waals surface area contributed by atoms with E-state index in [-0.39, 0.29) is 16.8 Å². The molecule has 9 heteroatoms. The van der Waals surface area contributed by atoms with Gasteiger partial charge in [0.15, 0.2) is 0 Å². The Hall–Kier alpha value is -1.96. The number of hydrogen-bond acceptors (Lipinski definition) is 4. The van der Waals surface area contributed by atoms with Crippen molar-refractivity contribution in [1.29, 1.82) is 0 Å². The maximum absolute atomic E-state index is 12.5. The molecule has 6 nitrogen and oxygen atoms in total. The summed E-state index contributed by atoms with van der Waals surface area (Å²) in [6.07, 6.45) is 1.01. The van der Waals surface area contributed by atoms with Gasteiger partial charge in [-0.25, -0.2) is 8.42 Å². The monoisotopic (exact) mass is 444 g/mol. The highest BCUT2D eigenvalue weighted by atomic mass is 35.5. The first-order valence-electron chi connectivity index (χ1n) is 8.56. The van der Waals surface area contributed by atoms with Crippen molar-refractivity contribution in [2.75, 3.05) is 23.7 Å². The van der Waals surface area contributed by atoms with Crippen molar-refractivity contribution in [2.24, 2.45) is 0 Å². The van der Waals surface area contributed by atoms with Crippen LogP contribution < -0.4 is 14.4 Å². The average Bonchev–Trinajstić information content (AvgIpc) is 2.62. The maximum Gasteiger partial charge on any atom is 0.241 e. The number of sulfonamides is 1. The number of ether oxygens (including phenoxy) is 1. The third-order valence-electron chi connectivity index (χ3n) is 3.93. The van der Waals surface area contributed by atoms with Gasteiger partial charge in [-0.15, -0.1) is 0 Å². The number of halogens is 2. The van der Waals surface area contributed by atoms with Crippen LogP contribution in [0.2, 0.25) is 10.0 Å². The van der Waals surface area contributed by atoms with E-state index in [2.05, 4.69) is 5.32 Å². The van der Waals surface area contributed by atoms with Gasteiger partial charge in [-0.3, -0.25) is 9.10 Å². The first-order valence-corrected chi connectivity index (χ1v) is 11.2. The van der Waals surface area contributed by atoms with Crippen LogP contribution in [0.5, 0.6) is 5.75 Å². The molecule has 0 fully saturated rings. The molecule has 0 heterocycles. The third kappa shape index (κ3) is 6.02. The Kier molecular flexibility index (Phi) is 7.57. The SMILES string of the molecule is CCOc1ccc(C(C)NC(=O)CN(c2cc(Cl)ccc2Cl)S(C)(=O)=O)cc1. The minimum absolute atomic E-state index is 0.153. The van der Waals surface area contributed by atoms with Gasteiger partial charge in [0.25, 0.3) is 0 Å². The molecule has 0 aliphatic heterocycles. The molecular formula is C19H22Cl2N2O4S. The van der Waals surface area contributed by atoms with Gasteiger partial charge in [0.2, 0.25) is 15.9 Å². The number of nitrogens with one attached hydrogen (secondary N) is 1. The summed E-state index contributed by atoms with van der Waals surface area (Å²) in [7, 11) is -3.75. The van der Waals surface area contributed by atoms with Crippen molar-refractivity contribution in [1.82, 2.24) is 5.32 Å². The first kappa shape index (κ1) is 22.3. The lowest BCUT2D eigenvalue weighted by Crippen LogP contribution is -2.41. The van der Waals surface area contributed by atoms with Gasteiger partial charge in [-0.05, 0) is 49.7 Å². The number of rotatable bonds is 8. The molecule has 0 spiro atoms. The summed E-state index contributed by atoms with van der Waals surface area (Å²) in [6, 6.07) is 11.4. The molecule has 0 saturated carbocycles. The van der Waals surface area contributed by atoms with E-state index >= 15 is 0 Å². The number of hydrogen-bond donors (Lipinski definition) is 1. The second-order valence-electron chi connectivity index (χ2n) is 6.16. The van der Waals surface area contributed by atoms with Crippen molar-refractivity contribution in [3.8, 4) is 5.75 Å². The third-order valence-corrected chi connectivity index (χ3v) is 5.61. The van der Waals surface area contributed by atoms with Crippen LogP contribution in [0.25, 0.3) is 0 Å². The van der Waals surface area contributed by atoms with Crippen molar-refractivity contribution >= 4 is 44.8 Å². The molecule has 152 valence electrons. The summed E-state index contributed by atoms with van der Waals surface area (Å²) in [5, 5.41) is 3.29. The van der Waals surface area contributed by atoms with E-state index in [0.717, 1.165) is 21.9 Å². The van der Waals surface area contributed by atoms with Gasteiger partial charge in [0.1, 0.15) is 12.3 Å². The van der Waals surface area contributed by atoms with E-state index in [0.29, 0.717) is 11.6 Å². The Labute approximate surface area is 175 Å². The highest BCUT2D eigenvalue weighted by Gasteiger charge is 2.24. The minimum Gasteiger partial charge on any atom is -0.494 e. The predicted octanol–water partition coefficient (Wildman–Crippen LogP) is 4.04. The van der Waals surface area contributed by atoms with Crippen molar-refractivity contribution in [3.63, 3.8) is 0 Å². The van der Waals surface area contributed by atoms with Gasteiger partial charge >= 0.3 is 0 Å². The molecule has 1 unspecified atom stereocenters. The number of carbonyl (C=O) groups excluding carboxylic acids is 1. The number of anilines is 1. The summed E-state index contributed by atoms with van der Waals surface area (Å²) in [5.74, 6) is 0.270. The number of benzene rings is 2. The Bertz CT molecular complexity index is 933. The van der Waals surface area contributed by atoms with Gasteiger partial charge in [-0.1, -0.05) is 35.3 Å². The average molecular weight is 445 g/mol. The second-order valence-corrected chi connectivity index (χ2v) is 8.91. The molecule has 0 bridgehead atoms. The van der Waals surface area contributed by atoms with Crippen LogP contribution in [0.4, 0.5) is 5.69 Å². The van der Waals surface area contributed by atoms with Crippen LogP contribution >= 0.6 is 23.2 Å². The highest BCUT2D eigenvalue weighted by Crippen LogP contribution is 2.30. The lowest BCUT2D eigenvalue weighted by Gasteiger charge is -2.24. The van der Waals surface area contributed by atoms with Crippen LogP contribution in [0.1, 0.15) is 25.5 Å². The maximum atomic E-state index is 12.5. The zero-order valence-corrected chi connectivity index (χ0v) is 18.1. The van der Waals surface area contributed by atoms with E-state index in [9.17, 15) is 13.2 Å². The molecule has 1 amide bonds. The Morgan fingerprint density at radius 2 is 1.82 bits per heavy atom. The normalized spacial score (nSPS) is 12.3. The van der Waals surface area contributed by atoms with Crippen molar-refractivity contribution in [3.05, 3.63) is 58.1 Å². The molecule has 0 aliphatic carbocycles. The topological polar surface area (TPSA) is 75.7 Å². The fourth-order valence-corrected chi connectivity index (χ4v) is 3.87. The predicted molar refractivity (Wildman–Crippen MR) is 113 cm³/mol. The highest BCUT2D eigenvalue weighted by molar-refractivity contribution is 7.92. The molecule has 0 radical (unpaired) electrons. The molecule has 1 N–H and O–H groups in total. The standard InChI is InChI=1S/C19H22Cl2N2O4S/c1-4-27-16-8-5-14(6-9-16)13(2)22-19(24)12-23(28(3,25)26)18-11-15(20)7-10-17(18)21/h5-11,13H,4,12H2,1-3H3,(H,22,24). The molecule has 0 aromatic heterocycles. The molecule has 2 aromatic carbocycles. The van der Waals surface area contributed by atoms with Crippen LogP contribution in [-0.2, 0) is 14.8 Å². The first-order chi connectivity index (χ1) is 13.1. The summed E-state index contributed by atoms with van der Waals surface area (Å²) < 4.78 is 30.8. The number of nitrogens with zero attached hydrogens (tertiary/aromatic N) is 1. The Balaban J connectivity index is 2.14. The van der Waals surface area contributed by atoms with Crippen molar-refractivity contribution < 1.29 is 17.9 Å². The second kappa shape index (κ2) is 9.49. The van der Waals surface area contributed by atoms with Crippen LogP contribution in [0.3, 0.4) is 0 Å². The largest absolute Gasteiger partial charge is 0.494 e. The molecular weight excluding hydrogens is 423 g/mol. The Morgan fingerprint density at radius 1 is 1.18 bits per heavy atom. The zero-order chi connectivity index (χ0) is 20.9. The minimum atomic E-state index is -3.75. The smallest absolute Gasteiger partial charge is 0.241 e. The zero-order valence-electron chi connectivity index (χ0n) is 15.8. The summed E-state index contributed by atoms with van der Waals surface area (Å²) >= 11 is 12.1. The fourth-order valence-electron chi connectivity index (χ4n) is 2.58. The lowest BCUT2D eigenvalue weighted by atomic mass is 10.1. The fraction of sp³-hybridized carbons (Fsp3) is 0.316. The van der Waals surface area contributed by atoms with Gasteiger partial charge in [0.05, 0.1) is 29.6 Å². The van der Waals surface area contributed by atoms with E-state index in [1.54, 1.807) is 6.07 Å². The van der Waals surface area contributed by atoms with Crippen molar-refractivity contribution in [2.45, 2.75) is 19.9 Å². The van der Waals surface area contributed by atoms with Crippen LogP contribution in [0.15, 0.2) is 42.5 Å². The summed E-state index contributed by atoms with van der Waals surface area (Å²) in [4.78, 5) is 12.5. The molecule has 2 aromatic rings. The molecule has 1 atom stereocenters. The number of carbonyl (C=O) groups is 1. The molecule has 2 rings (SSSR count). The lowest BCUT2D eigenvalue weighted by molar-refractivity contribution is -0.120. The summed E-state index contributed by atoms with van der Waals surface area (Å²) in [6.45, 7) is 3.86. The number of amides is 1. The van der Waals surface area contributed by atoms with Gasteiger partial charge in [0, 0.05) is 5.02 Å². The van der Waals surface area contributed by atoms with E-state index in [4.69, 9.17) is 27.9 Å². The molecule has 0 aliphatic rings. The van der Waals surface area contributed by atoms with Gasteiger partial charge in [-0.2, -0.15) is 0 Å². The summed E-state index contributed by atoms with van der Waals surface area (Å²) in [5.41, 5.74) is 1.02. The van der Waals surface area contributed by atoms with E-state index in [1.807, 2.05) is 38.1 Å². The molecule has 0 saturated heterocycles. The quantitative estimate of drug-likeness (QED) is 0.666. The Morgan fingerprint density at radius 3 is 2.39 bits per heavy atom. The molecule has 28 heavy (non-hydrogen) atoms. The van der Waals surface area contributed by atoms with E-state index in [1.165, 1.54) is 12.1 Å². The van der Waals surface area contributed by atoms with Crippen LogP contribution in [-0.4, -0.2) is 33.7 Å². The van der Waals surface area contributed by atoms with Crippen LogP contribution in [0, 0.1) is 0 Å². The van der Waals surface area contributed by atoms with Gasteiger partial charge < -0.3 is 10.1 Å². The van der Waals surface area contributed by atoms with E-state index < -0.39 is 22.5 Å².